The Labute approximate surface area is 105 Å². The van der Waals surface area contributed by atoms with E-state index in [2.05, 4.69) is 25.7 Å². The van der Waals surface area contributed by atoms with Gasteiger partial charge >= 0.3 is 6.18 Å². The molecule has 0 aliphatic rings. The lowest BCUT2D eigenvalue weighted by molar-refractivity contribution is -0.175. The smallest absolute Gasteiger partial charge is 0.411 e. The largest absolute Gasteiger partial charge is 0.490 e. The van der Waals surface area contributed by atoms with E-state index < -0.39 is 12.8 Å². The summed E-state index contributed by atoms with van der Waals surface area (Å²) in [4.78, 5) is 4.04. The van der Waals surface area contributed by atoms with E-state index in [0.29, 0.717) is 11.1 Å². The summed E-state index contributed by atoms with van der Waals surface area (Å²) in [5, 5.41) is 0.641. The molecular formula is C10H11BrF3NO2. The summed E-state index contributed by atoms with van der Waals surface area (Å²) < 4.78 is 44.7. The first-order valence-electron chi connectivity index (χ1n) is 4.79. The van der Waals surface area contributed by atoms with E-state index in [0.717, 1.165) is 5.69 Å². The highest BCUT2D eigenvalue weighted by atomic mass is 79.9. The van der Waals surface area contributed by atoms with Crippen molar-refractivity contribution in [2.45, 2.75) is 11.5 Å². The van der Waals surface area contributed by atoms with Crippen LogP contribution in [-0.2, 0) is 10.1 Å². The second-order valence-corrected chi connectivity index (χ2v) is 3.70. The second-order valence-electron chi connectivity index (χ2n) is 3.14. The molecule has 0 aliphatic heterocycles. The summed E-state index contributed by atoms with van der Waals surface area (Å²) in [7, 11) is 0. The first kappa shape index (κ1) is 14.2. The Kier molecular flexibility index (Phi) is 5.70. The number of hydrogen-bond donors (Lipinski definition) is 0. The number of ether oxygens (including phenoxy) is 2. The summed E-state index contributed by atoms with van der Waals surface area (Å²) in [6.45, 7) is -1.30. The fourth-order valence-electron chi connectivity index (χ4n) is 0.982. The van der Waals surface area contributed by atoms with Crippen molar-refractivity contribution in [3.63, 3.8) is 0 Å². The summed E-state index contributed by atoms with van der Waals surface area (Å²) in [5.41, 5.74) is 0.852. The summed E-state index contributed by atoms with van der Waals surface area (Å²) in [6, 6.07) is 3.47. The number of aromatic nitrogens is 1. The van der Waals surface area contributed by atoms with Crippen molar-refractivity contribution in [1.82, 2.24) is 4.98 Å². The van der Waals surface area contributed by atoms with Crippen LogP contribution >= 0.6 is 15.9 Å². The van der Waals surface area contributed by atoms with Gasteiger partial charge in [-0.2, -0.15) is 13.2 Å². The molecule has 1 rings (SSSR count). The summed E-state index contributed by atoms with van der Waals surface area (Å²) >= 11 is 3.24. The Morgan fingerprint density at radius 3 is 2.53 bits per heavy atom. The maximum absolute atomic E-state index is 11.7. The molecule has 0 saturated heterocycles. The lowest BCUT2D eigenvalue weighted by atomic mass is 10.4. The highest BCUT2D eigenvalue weighted by Gasteiger charge is 2.27. The summed E-state index contributed by atoms with van der Waals surface area (Å²) in [5.74, 6) is 0.505. The van der Waals surface area contributed by atoms with E-state index in [1.807, 2.05) is 0 Å². The first-order valence-corrected chi connectivity index (χ1v) is 5.91. The third kappa shape index (κ3) is 6.48. The molecule has 0 N–H and O–H groups in total. The van der Waals surface area contributed by atoms with E-state index in [-0.39, 0.29) is 13.2 Å². The second kappa shape index (κ2) is 6.80. The van der Waals surface area contributed by atoms with E-state index in [9.17, 15) is 13.2 Å². The fraction of sp³-hybridized carbons (Fsp3) is 0.500. The Bertz CT molecular complexity index is 329. The monoisotopic (exact) mass is 313 g/mol. The van der Waals surface area contributed by atoms with Gasteiger partial charge in [-0.05, 0) is 12.1 Å². The molecule has 3 nitrogen and oxygen atoms in total. The van der Waals surface area contributed by atoms with Crippen molar-refractivity contribution < 1.29 is 22.6 Å². The molecule has 0 spiro atoms. The van der Waals surface area contributed by atoms with Gasteiger partial charge in [0.15, 0.2) is 0 Å². The molecule has 0 bridgehead atoms. The van der Waals surface area contributed by atoms with Crippen molar-refractivity contribution >= 4 is 15.9 Å². The molecule has 0 fully saturated rings. The Morgan fingerprint density at radius 2 is 2.00 bits per heavy atom. The van der Waals surface area contributed by atoms with Crippen LogP contribution in [0.3, 0.4) is 0 Å². The maximum atomic E-state index is 11.7. The van der Waals surface area contributed by atoms with Crippen LogP contribution < -0.4 is 4.74 Å². The van der Waals surface area contributed by atoms with E-state index >= 15 is 0 Å². The predicted molar refractivity (Wildman–Crippen MR) is 59.2 cm³/mol. The zero-order chi connectivity index (χ0) is 12.7. The molecule has 0 aromatic carbocycles. The Balaban J connectivity index is 2.18. The van der Waals surface area contributed by atoms with E-state index in [1.165, 1.54) is 6.20 Å². The number of pyridine rings is 1. The molecular weight excluding hydrogens is 303 g/mol. The van der Waals surface area contributed by atoms with Crippen molar-refractivity contribution in [1.29, 1.82) is 0 Å². The molecule has 7 heteroatoms. The van der Waals surface area contributed by atoms with Gasteiger partial charge in [-0.1, -0.05) is 15.9 Å². The minimum Gasteiger partial charge on any atom is -0.490 e. The minimum atomic E-state index is -4.29. The molecule has 17 heavy (non-hydrogen) atoms. The van der Waals surface area contributed by atoms with Crippen molar-refractivity contribution in [3.05, 3.63) is 24.0 Å². The van der Waals surface area contributed by atoms with Crippen molar-refractivity contribution in [3.8, 4) is 5.75 Å². The van der Waals surface area contributed by atoms with Gasteiger partial charge in [-0.25, -0.2) is 0 Å². The minimum absolute atomic E-state index is 0.0609. The molecule has 96 valence electrons. The van der Waals surface area contributed by atoms with Crippen LogP contribution in [0.5, 0.6) is 5.75 Å². The predicted octanol–water partition coefficient (Wildman–Crippen LogP) is 2.93. The zero-order valence-corrected chi connectivity index (χ0v) is 10.4. The number of halogens is 4. The van der Waals surface area contributed by atoms with Crippen LogP contribution in [0, 0.1) is 0 Å². The average Bonchev–Trinajstić information content (AvgIpc) is 2.28. The molecule has 1 aromatic heterocycles. The zero-order valence-electron chi connectivity index (χ0n) is 8.84. The van der Waals surface area contributed by atoms with Gasteiger partial charge in [0.25, 0.3) is 0 Å². The van der Waals surface area contributed by atoms with Crippen molar-refractivity contribution in [2.24, 2.45) is 0 Å². The lowest BCUT2D eigenvalue weighted by Crippen LogP contribution is -2.19. The maximum Gasteiger partial charge on any atom is 0.411 e. The van der Waals surface area contributed by atoms with Gasteiger partial charge in [0.1, 0.15) is 19.0 Å². The van der Waals surface area contributed by atoms with Gasteiger partial charge < -0.3 is 9.47 Å². The Hall–Kier alpha value is -0.820. The molecule has 1 aromatic rings. The third-order valence-corrected chi connectivity index (χ3v) is 2.27. The quantitative estimate of drug-likeness (QED) is 0.598. The topological polar surface area (TPSA) is 31.4 Å². The highest BCUT2D eigenvalue weighted by Crippen LogP contribution is 2.14. The molecule has 0 atom stereocenters. The molecule has 1 heterocycles. The Morgan fingerprint density at radius 1 is 1.24 bits per heavy atom. The number of nitrogens with zero attached hydrogens (tertiary/aromatic N) is 1. The van der Waals surface area contributed by atoms with Crippen LogP contribution in [0.4, 0.5) is 13.2 Å². The molecule has 0 radical (unpaired) electrons. The highest BCUT2D eigenvalue weighted by molar-refractivity contribution is 9.08. The molecule has 0 amide bonds. The number of rotatable bonds is 6. The molecule has 0 unspecified atom stereocenters. The fourth-order valence-corrected chi connectivity index (χ4v) is 1.31. The average molecular weight is 314 g/mol. The van der Waals surface area contributed by atoms with Crippen LogP contribution in [0.1, 0.15) is 5.69 Å². The standard InChI is InChI=1S/C10H11BrF3NO2/c11-5-8-1-2-9(6-15-8)17-4-3-16-7-10(12,13)14/h1-2,6H,3-5,7H2. The van der Waals surface area contributed by atoms with Crippen LogP contribution in [-0.4, -0.2) is 31.0 Å². The number of hydrogen-bond acceptors (Lipinski definition) is 3. The van der Waals surface area contributed by atoms with Crippen LogP contribution in [0.2, 0.25) is 0 Å². The van der Waals surface area contributed by atoms with Gasteiger partial charge in [0, 0.05) is 5.33 Å². The van der Waals surface area contributed by atoms with Gasteiger partial charge in [0.05, 0.1) is 18.5 Å². The molecule has 0 saturated carbocycles. The van der Waals surface area contributed by atoms with Crippen molar-refractivity contribution in [2.75, 3.05) is 19.8 Å². The number of alkyl halides is 4. The lowest BCUT2D eigenvalue weighted by Gasteiger charge is -2.08. The van der Waals surface area contributed by atoms with E-state index in [4.69, 9.17) is 4.74 Å². The summed E-state index contributed by atoms with van der Waals surface area (Å²) in [6.07, 6.45) is -2.78. The van der Waals surface area contributed by atoms with Gasteiger partial charge in [-0.15, -0.1) is 0 Å². The van der Waals surface area contributed by atoms with Gasteiger partial charge in [-0.3, -0.25) is 4.98 Å². The normalized spacial score (nSPS) is 11.5. The van der Waals surface area contributed by atoms with Gasteiger partial charge in [0.2, 0.25) is 0 Å². The SMILES string of the molecule is FC(F)(F)COCCOc1ccc(CBr)nc1. The van der Waals surface area contributed by atoms with Crippen LogP contribution in [0.25, 0.3) is 0 Å². The third-order valence-electron chi connectivity index (χ3n) is 1.70. The first-order chi connectivity index (χ1) is 8.01. The van der Waals surface area contributed by atoms with E-state index in [1.54, 1.807) is 12.1 Å². The van der Waals surface area contributed by atoms with Crippen LogP contribution in [0.15, 0.2) is 18.3 Å². The molecule has 0 aliphatic carbocycles.